The molecule has 8 heteroatoms. The van der Waals surface area contributed by atoms with Crippen LogP contribution in [0.25, 0.3) is 11.2 Å². The van der Waals surface area contributed by atoms with E-state index >= 15 is 0 Å². The highest BCUT2D eigenvalue weighted by Crippen LogP contribution is 2.19. The van der Waals surface area contributed by atoms with E-state index in [2.05, 4.69) is 15.2 Å². The summed E-state index contributed by atoms with van der Waals surface area (Å²) in [5.74, 6) is -0.250. The van der Waals surface area contributed by atoms with Crippen molar-refractivity contribution in [3.8, 4) is 0 Å². The lowest BCUT2D eigenvalue weighted by Crippen LogP contribution is -2.36. The van der Waals surface area contributed by atoms with Crippen LogP contribution in [-0.2, 0) is 22.6 Å². The second-order valence-electron chi connectivity index (χ2n) is 6.65. The summed E-state index contributed by atoms with van der Waals surface area (Å²) in [5.41, 5.74) is 2.83. The third-order valence-corrected chi connectivity index (χ3v) is 4.92. The van der Waals surface area contributed by atoms with E-state index < -0.39 is 0 Å². The third kappa shape index (κ3) is 3.50. The largest absolute Gasteiger partial charge is 0.378 e. The number of morpholine rings is 1. The lowest BCUT2D eigenvalue weighted by atomic mass is 10.2. The molecule has 0 radical (unpaired) electrons. The summed E-state index contributed by atoms with van der Waals surface area (Å²) in [6.07, 6.45) is 1.65. The molecule has 1 aliphatic heterocycles. The number of imidazole rings is 1. The monoisotopic (exact) mass is 381 g/mol. The average Bonchev–Trinajstić information content (AvgIpc) is 3.00. The van der Waals surface area contributed by atoms with Gasteiger partial charge in [-0.2, -0.15) is 0 Å². The SMILES string of the molecule is CCn1c(=O)n(CC(=O)Nc2ccc(N3CCOCC3)cc2)c2cccnc21. The molecule has 1 aromatic carbocycles. The van der Waals surface area contributed by atoms with Gasteiger partial charge >= 0.3 is 5.69 Å². The van der Waals surface area contributed by atoms with Crippen molar-refractivity contribution in [3.05, 3.63) is 53.1 Å². The Balaban J connectivity index is 1.48. The number of pyridine rings is 1. The summed E-state index contributed by atoms with van der Waals surface area (Å²) in [7, 11) is 0. The number of carbonyl (C=O) groups is 1. The number of fused-ring (bicyclic) bond motifs is 1. The number of nitrogens with zero attached hydrogens (tertiary/aromatic N) is 4. The number of anilines is 2. The minimum absolute atomic E-state index is 0.0563. The molecule has 0 bridgehead atoms. The predicted molar refractivity (Wildman–Crippen MR) is 108 cm³/mol. The molecule has 0 aliphatic carbocycles. The molecule has 146 valence electrons. The standard InChI is InChI=1S/C20H23N5O3/c1-2-24-19-17(4-3-9-21-19)25(20(24)27)14-18(26)22-15-5-7-16(8-6-15)23-10-12-28-13-11-23/h3-9H,2,10-14H2,1H3,(H,22,26). The van der Waals surface area contributed by atoms with Gasteiger partial charge in [-0.25, -0.2) is 9.78 Å². The molecule has 1 amide bonds. The number of aryl methyl sites for hydroxylation is 1. The normalized spacial score (nSPS) is 14.4. The Kier molecular flexibility index (Phi) is 5.12. The number of benzene rings is 1. The third-order valence-electron chi connectivity index (χ3n) is 4.92. The molecule has 1 aliphatic rings. The van der Waals surface area contributed by atoms with E-state index in [9.17, 15) is 9.59 Å². The smallest absolute Gasteiger partial charge is 0.330 e. The van der Waals surface area contributed by atoms with Crippen molar-refractivity contribution in [2.24, 2.45) is 0 Å². The van der Waals surface area contributed by atoms with Crippen LogP contribution >= 0.6 is 0 Å². The predicted octanol–water partition coefficient (Wildman–Crippen LogP) is 1.69. The molecule has 3 heterocycles. The first-order valence-electron chi connectivity index (χ1n) is 9.44. The molecule has 8 nitrogen and oxygen atoms in total. The number of ether oxygens (including phenoxy) is 1. The number of rotatable bonds is 5. The Morgan fingerprint density at radius 2 is 1.89 bits per heavy atom. The van der Waals surface area contributed by atoms with Crippen molar-refractivity contribution < 1.29 is 9.53 Å². The van der Waals surface area contributed by atoms with Gasteiger partial charge in [0.05, 0.1) is 18.7 Å². The van der Waals surface area contributed by atoms with Crippen LogP contribution in [0.15, 0.2) is 47.4 Å². The second kappa shape index (κ2) is 7.85. The number of amides is 1. The van der Waals surface area contributed by atoms with Crippen LogP contribution in [0.2, 0.25) is 0 Å². The first kappa shape index (κ1) is 18.2. The summed E-state index contributed by atoms with van der Waals surface area (Å²) in [5, 5.41) is 2.87. The van der Waals surface area contributed by atoms with E-state index in [1.807, 2.05) is 31.2 Å². The van der Waals surface area contributed by atoms with Crippen molar-refractivity contribution in [1.29, 1.82) is 0 Å². The number of hydrogen-bond acceptors (Lipinski definition) is 5. The summed E-state index contributed by atoms with van der Waals surface area (Å²) >= 11 is 0. The molecule has 0 unspecified atom stereocenters. The number of hydrogen-bond donors (Lipinski definition) is 1. The molecule has 4 rings (SSSR count). The number of nitrogens with one attached hydrogen (secondary N) is 1. The van der Waals surface area contributed by atoms with Gasteiger partial charge in [0.15, 0.2) is 5.65 Å². The summed E-state index contributed by atoms with van der Waals surface area (Å²) in [6.45, 7) is 5.52. The van der Waals surface area contributed by atoms with Crippen LogP contribution < -0.4 is 15.9 Å². The van der Waals surface area contributed by atoms with Crippen molar-refractivity contribution in [2.45, 2.75) is 20.0 Å². The van der Waals surface area contributed by atoms with Gasteiger partial charge in [-0.3, -0.25) is 13.9 Å². The molecule has 1 saturated heterocycles. The van der Waals surface area contributed by atoms with Crippen LogP contribution in [0.4, 0.5) is 11.4 Å². The summed E-state index contributed by atoms with van der Waals surface area (Å²) < 4.78 is 8.40. The average molecular weight is 381 g/mol. The molecule has 0 spiro atoms. The lowest BCUT2D eigenvalue weighted by molar-refractivity contribution is -0.116. The van der Waals surface area contributed by atoms with Crippen LogP contribution in [0.5, 0.6) is 0 Å². The van der Waals surface area contributed by atoms with Crippen molar-refractivity contribution >= 4 is 28.4 Å². The van der Waals surface area contributed by atoms with Gasteiger partial charge in [0, 0.05) is 37.2 Å². The van der Waals surface area contributed by atoms with Crippen LogP contribution in [0, 0.1) is 0 Å². The highest BCUT2D eigenvalue weighted by Gasteiger charge is 2.16. The Morgan fingerprint density at radius 1 is 1.14 bits per heavy atom. The van der Waals surface area contributed by atoms with Gasteiger partial charge in [-0.05, 0) is 43.3 Å². The molecule has 3 aromatic rings. The van der Waals surface area contributed by atoms with E-state index in [0.29, 0.717) is 23.4 Å². The molecule has 28 heavy (non-hydrogen) atoms. The van der Waals surface area contributed by atoms with E-state index in [-0.39, 0.29) is 18.1 Å². The van der Waals surface area contributed by atoms with Gasteiger partial charge in [-0.1, -0.05) is 0 Å². The molecule has 0 saturated carbocycles. The fourth-order valence-electron chi connectivity index (χ4n) is 3.51. The maximum atomic E-state index is 12.6. The van der Waals surface area contributed by atoms with Gasteiger partial charge in [0.25, 0.3) is 0 Å². The molecule has 2 aromatic heterocycles. The first-order valence-corrected chi connectivity index (χ1v) is 9.44. The van der Waals surface area contributed by atoms with Crippen molar-refractivity contribution in [1.82, 2.24) is 14.1 Å². The Bertz CT molecular complexity index is 1030. The minimum Gasteiger partial charge on any atom is -0.378 e. The first-order chi connectivity index (χ1) is 13.7. The Morgan fingerprint density at radius 3 is 2.61 bits per heavy atom. The highest BCUT2D eigenvalue weighted by molar-refractivity contribution is 5.91. The zero-order chi connectivity index (χ0) is 19.5. The van der Waals surface area contributed by atoms with Crippen LogP contribution in [-0.4, -0.2) is 46.3 Å². The van der Waals surface area contributed by atoms with Crippen molar-refractivity contribution in [2.75, 3.05) is 36.5 Å². The van der Waals surface area contributed by atoms with E-state index in [1.54, 1.807) is 22.9 Å². The summed E-state index contributed by atoms with van der Waals surface area (Å²) in [4.78, 5) is 31.7. The van der Waals surface area contributed by atoms with Gasteiger partial charge < -0.3 is 15.0 Å². The molecule has 1 N–H and O–H groups in total. The van der Waals surface area contributed by atoms with Crippen molar-refractivity contribution in [3.63, 3.8) is 0 Å². The molecule has 1 fully saturated rings. The zero-order valence-electron chi connectivity index (χ0n) is 15.8. The molecular weight excluding hydrogens is 358 g/mol. The summed E-state index contributed by atoms with van der Waals surface area (Å²) in [6, 6.07) is 11.3. The maximum Gasteiger partial charge on any atom is 0.330 e. The molecular formula is C20H23N5O3. The quantitative estimate of drug-likeness (QED) is 0.727. The Labute approximate surface area is 162 Å². The van der Waals surface area contributed by atoms with Crippen LogP contribution in [0.1, 0.15) is 6.92 Å². The number of carbonyl (C=O) groups excluding carboxylic acids is 1. The molecule has 0 atom stereocenters. The lowest BCUT2D eigenvalue weighted by Gasteiger charge is -2.28. The van der Waals surface area contributed by atoms with E-state index in [1.165, 1.54) is 4.57 Å². The fraction of sp³-hybridized carbons (Fsp3) is 0.350. The van der Waals surface area contributed by atoms with E-state index in [0.717, 1.165) is 32.0 Å². The fourth-order valence-corrected chi connectivity index (χ4v) is 3.51. The number of aromatic nitrogens is 3. The van der Waals surface area contributed by atoms with E-state index in [4.69, 9.17) is 4.74 Å². The van der Waals surface area contributed by atoms with Gasteiger partial charge in [0.1, 0.15) is 6.54 Å². The van der Waals surface area contributed by atoms with Crippen LogP contribution in [0.3, 0.4) is 0 Å². The van der Waals surface area contributed by atoms with Gasteiger partial charge in [0.2, 0.25) is 5.91 Å². The topological polar surface area (TPSA) is 81.4 Å². The zero-order valence-corrected chi connectivity index (χ0v) is 15.8. The maximum absolute atomic E-state index is 12.6. The minimum atomic E-state index is -0.250. The highest BCUT2D eigenvalue weighted by atomic mass is 16.5. The Hall–Kier alpha value is -3.13. The second-order valence-corrected chi connectivity index (χ2v) is 6.65. The van der Waals surface area contributed by atoms with Gasteiger partial charge in [-0.15, -0.1) is 0 Å².